The molecule has 0 fully saturated rings. The molecule has 0 saturated carbocycles. The van der Waals surface area contributed by atoms with Gasteiger partial charge < -0.3 is 14.4 Å². The lowest BCUT2D eigenvalue weighted by Gasteiger charge is -2.17. The number of benzene rings is 2. The summed E-state index contributed by atoms with van der Waals surface area (Å²) in [6, 6.07) is 16.6. The second kappa shape index (κ2) is 8.59. The molecule has 124 valence electrons. The van der Waals surface area contributed by atoms with E-state index in [1.54, 1.807) is 30.1 Å². The van der Waals surface area contributed by atoms with Crippen LogP contribution in [0.5, 0.6) is 11.5 Å². The highest BCUT2D eigenvalue weighted by Crippen LogP contribution is 2.28. The van der Waals surface area contributed by atoms with E-state index in [1.165, 1.54) is 7.11 Å². The third kappa shape index (κ3) is 4.50. The molecular formula is C19H20N2O3. The van der Waals surface area contributed by atoms with Gasteiger partial charge in [0.2, 0.25) is 5.91 Å². The summed E-state index contributed by atoms with van der Waals surface area (Å²) in [5, 5.41) is 8.88. The van der Waals surface area contributed by atoms with Crippen molar-refractivity contribution in [3.05, 3.63) is 54.1 Å². The normalized spacial score (nSPS) is 9.88. The minimum atomic E-state index is 0.0385. The van der Waals surface area contributed by atoms with Crippen LogP contribution in [0, 0.1) is 11.3 Å². The van der Waals surface area contributed by atoms with E-state index in [-0.39, 0.29) is 5.91 Å². The largest absolute Gasteiger partial charge is 0.493 e. The maximum Gasteiger partial charge on any atom is 0.226 e. The molecule has 0 aromatic heterocycles. The minimum absolute atomic E-state index is 0.0385. The van der Waals surface area contributed by atoms with E-state index < -0.39 is 0 Å². The number of ether oxygens (including phenoxy) is 2. The van der Waals surface area contributed by atoms with Crippen molar-refractivity contribution in [1.82, 2.24) is 0 Å². The zero-order valence-electron chi connectivity index (χ0n) is 13.9. The van der Waals surface area contributed by atoms with Gasteiger partial charge >= 0.3 is 0 Å². The van der Waals surface area contributed by atoms with E-state index in [4.69, 9.17) is 14.7 Å². The number of methoxy groups -OCH3 is 1. The quantitative estimate of drug-likeness (QED) is 0.732. The number of nitriles is 1. The zero-order chi connectivity index (χ0) is 17.4. The molecule has 1 amide bonds. The predicted octanol–water partition coefficient (Wildman–Crippen LogP) is 3.39. The maximum absolute atomic E-state index is 12.2. The lowest BCUT2D eigenvalue weighted by atomic mass is 10.2. The fourth-order valence-electron chi connectivity index (χ4n) is 2.23. The molecule has 2 rings (SSSR count). The highest BCUT2D eigenvalue weighted by molar-refractivity contribution is 5.92. The number of hydrogen-bond acceptors (Lipinski definition) is 4. The first-order chi connectivity index (χ1) is 11.7. The van der Waals surface area contributed by atoms with Gasteiger partial charge in [-0.1, -0.05) is 18.2 Å². The molecule has 24 heavy (non-hydrogen) atoms. The van der Waals surface area contributed by atoms with Crippen LogP contribution in [-0.2, 0) is 4.79 Å². The Hall–Kier alpha value is -3.00. The van der Waals surface area contributed by atoms with Gasteiger partial charge in [-0.15, -0.1) is 0 Å². The van der Waals surface area contributed by atoms with E-state index in [0.717, 1.165) is 5.69 Å². The van der Waals surface area contributed by atoms with Gasteiger partial charge in [0.1, 0.15) is 0 Å². The SMILES string of the molecule is COc1cc(C#N)ccc1OCCCC(=O)N(C)c1ccccc1. The molecule has 0 saturated heterocycles. The Balaban J connectivity index is 1.83. The van der Waals surface area contributed by atoms with Crippen molar-refractivity contribution in [2.45, 2.75) is 12.8 Å². The van der Waals surface area contributed by atoms with Gasteiger partial charge in [-0.3, -0.25) is 4.79 Å². The Labute approximate surface area is 142 Å². The van der Waals surface area contributed by atoms with Crippen LogP contribution in [0.1, 0.15) is 18.4 Å². The molecule has 0 bridgehead atoms. The number of carbonyl (C=O) groups is 1. The third-order valence-corrected chi connectivity index (χ3v) is 3.60. The van der Waals surface area contributed by atoms with Crippen molar-refractivity contribution in [2.75, 3.05) is 25.7 Å². The van der Waals surface area contributed by atoms with Gasteiger partial charge in [0.05, 0.1) is 25.3 Å². The number of amides is 1. The Kier molecular flexibility index (Phi) is 6.21. The van der Waals surface area contributed by atoms with Crippen molar-refractivity contribution in [1.29, 1.82) is 5.26 Å². The van der Waals surface area contributed by atoms with Gasteiger partial charge in [-0.25, -0.2) is 0 Å². The molecule has 0 unspecified atom stereocenters. The molecular weight excluding hydrogens is 304 g/mol. The van der Waals surface area contributed by atoms with Crippen LogP contribution in [0.4, 0.5) is 5.69 Å². The zero-order valence-corrected chi connectivity index (χ0v) is 13.9. The summed E-state index contributed by atoms with van der Waals surface area (Å²) in [6.07, 6.45) is 0.989. The van der Waals surface area contributed by atoms with Crippen LogP contribution in [-0.4, -0.2) is 26.7 Å². The van der Waals surface area contributed by atoms with E-state index in [0.29, 0.717) is 36.5 Å². The number of para-hydroxylation sites is 1. The van der Waals surface area contributed by atoms with Crippen LogP contribution in [0.25, 0.3) is 0 Å². The smallest absolute Gasteiger partial charge is 0.226 e. The molecule has 0 heterocycles. The predicted molar refractivity (Wildman–Crippen MR) is 92.3 cm³/mol. The second-order valence-corrected chi connectivity index (χ2v) is 5.22. The Bertz CT molecular complexity index is 723. The van der Waals surface area contributed by atoms with Crippen molar-refractivity contribution in [3.63, 3.8) is 0 Å². The van der Waals surface area contributed by atoms with E-state index in [2.05, 4.69) is 6.07 Å². The van der Waals surface area contributed by atoms with Crippen molar-refractivity contribution < 1.29 is 14.3 Å². The third-order valence-electron chi connectivity index (χ3n) is 3.60. The molecule has 0 atom stereocenters. The lowest BCUT2D eigenvalue weighted by molar-refractivity contribution is -0.118. The molecule has 0 spiro atoms. The summed E-state index contributed by atoms with van der Waals surface area (Å²) in [5.41, 5.74) is 1.39. The second-order valence-electron chi connectivity index (χ2n) is 5.22. The first kappa shape index (κ1) is 17.4. The molecule has 2 aromatic carbocycles. The highest BCUT2D eigenvalue weighted by atomic mass is 16.5. The molecule has 5 nitrogen and oxygen atoms in total. The van der Waals surface area contributed by atoms with E-state index in [1.807, 2.05) is 30.3 Å². The highest BCUT2D eigenvalue weighted by Gasteiger charge is 2.11. The number of carbonyl (C=O) groups excluding carboxylic acids is 1. The van der Waals surface area contributed by atoms with Gasteiger partial charge in [-0.2, -0.15) is 5.26 Å². The minimum Gasteiger partial charge on any atom is -0.493 e. The molecule has 2 aromatic rings. The standard InChI is InChI=1S/C19H20N2O3/c1-21(16-7-4-3-5-8-16)19(22)9-6-12-24-17-11-10-15(14-20)13-18(17)23-2/h3-5,7-8,10-11,13H,6,9,12H2,1-2H3. The summed E-state index contributed by atoms with van der Waals surface area (Å²) in [7, 11) is 3.30. The molecule has 0 aliphatic heterocycles. The van der Waals surface area contributed by atoms with Gasteiger partial charge in [0, 0.05) is 25.2 Å². The molecule has 0 radical (unpaired) electrons. The van der Waals surface area contributed by atoms with E-state index in [9.17, 15) is 4.79 Å². The van der Waals surface area contributed by atoms with Crippen molar-refractivity contribution in [3.8, 4) is 17.6 Å². The fraction of sp³-hybridized carbons (Fsp3) is 0.263. The Morgan fingerprint density at radius 2 is 1.92 bits per heavy atom. The van der Waals surface area contributed by atoms with Crippen LogP contribution in [0.3, 0.4) is 0 Å². The maximum atomic E-state index is 12.2. The van der Waals surface area contributed by atoms with Crippen molar-refractivity contribution >= 4 is 11.6 Å². The molecule has 5 heteroatoms. The van der Waals surface area contributed by atoms with Gasteiger partial charge in [0.15, 0.2) is 11.5 Å². The lowest BCUT2D eigenvalue weighted by Crippen LogP contribution is -2.26. The fourth-order valence-corrected chi connectivity index (χ4v) is 2.23. The number of nitrogens with zero attached hydrogens (tertiary/aromatic N) is 2. The van der Waals surface area contributed by atoms with Crippen LogP contribution >= 0.6 is 0 Å². The number of anilines is 1. The van der Waals surface area contributed by atoms with Crippen molar-refractivity contribution in [2.24, 2.45) is 0 Å². The Morgan fingerprint density at radius 3 is 2.58 bits per heavy atom. The molecule has 0 aliphatic rings. The topological polar surface area (TPSA) is 62.6 Å². The first-order valence-electron chi connectivity index (χ1n) is 7.68. The van der Waals surface area contributed by atoms with Crippen LogP contribution in [0.2, 0.25) is 0 Å². The number of hydrogen-bond donors (Lipinski definition) is 0. The van der Waals surface area contributed by atoms with Gasteiger partial charge in [-0.05, 0) is 30.7 Å². The van der Waals surface area contributed by atoms with Crippen LogP contribution < -0.4 is 14.4 Å². The summed E-state index contributed by atoms with van der Waals surface area (Å²) >= 11 is 0. The molecule has 0 aliphatic carbocycles. The summed E-state index contributed by atoms with van der Waals surface area (Å²) in [4.78, 5) is 13.8. The molecule has 0 N–H and O–H groups in total. The average Bonchev–Trinajstić information content (AvgIpc) is 2.65. The summed E-state index contributed by atoms with van der Waals surface area (Å²) in [5.74, 6) is 1.12. The Morgan fingerprint density at radius 1 is 1.17 bits per heavy atom. The average molecular weight is 324 g/mol. The van der Waals surface area contributed by atoms with E-state index >= 15 is 0 Å². The first-order valence-corrected chi connectivity index (χ1v) is 7.68. The number of rotatable bonds is 7. The monoisotopic (exact) mass is 324 g/mol. The summed E-state index contributed by atoms with van der Waals surface area (Å²) in [6.45, 7) is 0.399. The summed E-state index contributed by atoms with van der Waals surface area (Å²) < 4.78 is 10.9. The van der Waals surface area contributed by atoms with Crippen LogP contribution in [0.15, 0.2) is 48.5 Å². The van der Waals surface area contributed by atoms with Gasteiger partial charge in [0.25, 0.3) is 0 Å².